The van der Waals surface area contributed by atoms with E-state index in [1.165, 1.54) is 109 Å². The van der Waals surface area contributed by atoms with Crippen molar-refractivity contribution in [3.8, 4) is 0 Å². The first-order valence-corrected chi connectivity index (χ1v) is 13.0. The Kier molecular flexibility index (Phi) is 28.0. The smallest absolute Gasteiger partial charge is 0.264 e. The molecule has 0 saturated carbocycles. The molecule has 0 spiro atoms. The van der Waals surface area contributed by atoms with Gasteiger partial charge >= 0.3 is 10.4 Å². The standard InChI is InChI=1S/C22H46O4S.K/c1-2-3-4-5-6-7-8-9-10-11-12-13-14-15-16-17-18-19-20-21-22-26-27(23,24)25;/h2-22H2,1H3,(H,23,24,25);. The Morgan fingerprint density at radius 3 is 1.04 bits per heavy atom. The van der Waals surface area contributed by atoms with Crippen LogP contribution in [0.4, 0.5) is 0 Å². The van der Waals surface area contributed by atoms with Gasteiger partial charge < -0.3 is 0 Å². The van der Waals surface area contributed by atoms with E-state index in [0.717, 1.165) is 12.8 Å². The molecule has 165 valence electrons. The fraction of sp³-hybridized carbons (Fsp3) is 1.00. The molecule has 0 heterocycles. The zero-order valence-corrected chi connectivity index (χ0v) is 22.9. The van der Waals surface area contributed by atoms with Crippen LogP contribution in [0.3, 0.4) is 0 Å². The van der Waals surface area contributed by atoms with Gasteiger partial charge in [0.25, 0.3) is 0 Å². The SMILES string of the molecule is CCCCCCCCCCCCCCCCCCCCCCOS(=O)(=O)O.[K]. The van der Waals surface area contributed by atoms with Crippen LogP contribution in [0.5, 0.6) is 0 Å². The van der Waals surface area contributed by atoms with Gasteiger partial charge in [-0.2, -0.15) is 8.42 Å². The maximum atomic E-state index is 10.4. The second kappa shape index (κ2) is 24.8. The van der Waals surface area contributed by atoms with Crippen molar-refractivity contribution in [3.05, 3.63) is 0 Å². The molecule has 0 saturated heterocycles. The number of unbranched alkanes of at least 4 members (excludes halogenated alkanes) is 19. The van der Waals surface area contributed by atoms with Crippen molar-refractivity contribution in [3.63, 3.8) is 0 Å². The largest absolute Gasteiger partial charge is 0.397 e. The zero-order chi connectivity index (χ0) is 20.1. The molecular formula is C22H46KO4S. The first-order valence-electron chi connectivity index (χ1n) is 11.7. The van der Waals surface area contributed by atoms with Crippen LogP contribution < -0.4 is 0 Å². The predicted octanol–water partition coefficient (Wildman–Crippen LogP) is 7.25. The Morgan fingerprint density at radius 2 is 0.786 bits per heavy atom. The van der Waals surface area contributed by atoms with Crippen LogP contribution in [0.15, 0.2) is 0 Å². The van der Waals surface area contributed by atoms with Crippen LogP contribution in [0.2, 0.25) is 0 Å². The van der Waals surface area contributed by atoms with Gasteiger partial charge in [-0.25, -0.2) is 4.18 Å². The molecule has 0 unspecified atom stereocenters. The van der Waals surface area contributed by atoms with Crippen molar-refractivity contribution >= 4 is 61.8 Å². The third-order valence-corrected chi connectivity index (χ3v) is 5.69. The van der Waals surface area contributed by atoms with E-state index in [9.17, 15) is 8.42 Å². The molecule has 0 rings (SSSR count). The zero-order valence-electron chi connectivity index (χ0n) is 18.9. The second-order valence-electron chi connectivity index (χ2n) is 7.97. The van der Waals surface area contributed by atoms with E-state index >= 15 is 0 Å². The van der Waals surface area contributed by atoms with Crippen LogP contribution >= 0.6 is 0 Å². The van der Waals surface area contributed by atoms with E-state index in [2.05, 4.69) is 11.1 Å². The van der Waals surface area contributed by atoms with Gasteiger partial charge in [-0.3, -0.25) is 4.55 Å². The quantitative estimate of drug-likeness (QED) is 0.108. The second-order valence-corrected chi connectivity index (χ2v) is 9.06. The summed E-state index contributed by atoms with van der Waals surface area (Å²) in [5.74, 6) is 0. The van der Waals surface area contributed by atoms with Gasteiger partial charge in [-0.15, -0.1) is 0 Å². The third kappa shape index (κ3) is 29.7. The van der Waals surface area contributed by atoms with Crippen LogP contribution in [0.1, 0.15) is 135 Å². The molecule has 0 bridgehead atoms. The van der Waals surface area contributed by atoms with Gasteiger partial charge in [0.1, 0.15) is 0 Å². The van der Waals surface area contributed by atoms with Crippen molar-refractivity contribution in [1.29, 1.82) is 0 Å². The normalized spacial score (nSPS) is 11.5. The molecule has 0 aliphatic carbocycles. The topological polar surface area (TPSA) is 63.6 Å². The van der Waals surface area contributed by atoms with Gasteiger partial charge in [0.15, 0.2) is 0 Å². The fourth-order valence-corrected chi connectivity index (χ4v) is 3.85. The Bertz CT molecular complexity index is 388. The molecule has 0 aromatic heterocycles. The molecule has 0 atom stereocenters. The summed E-state index contributed by atoms with van der Waals surface area (Å²) in [4.78, 5) is 0. The molecule has 6 heteroatoms. The van der Waals surface area contributed by atoms with Gasteiger partial charge in [0.05, 0.1) is 6.61 Å². The molecular weight excluding hydrogens is 399 g/mol. The number of hydrogen-bond donors (Lipinski definition) is 1. The third-order valence-electron chi connectivity index (χ3n) is 5.23. The average molecular weight is 446 g/mol. The molecule has 1 radical (unpaired) electrons. The van der Waals surface area contributed by atoms with Crippen LogP contribution in [-0.2, 0) is 14.6 Å². The summed E-state index contributed by atoms with van der Waals surface area (Å²) in [6.45, 7) is 2.37. The number of rotatable bonds is 22. The van der Waals surface area contributed by atoms with E-state index < -0.39 is 10.4 Å². The Labute approximate surface area is 218 Å². The van der Waals surface area contributed by atoms with Crippen LogP contribution in [0, 0.1) is 0 Å². The van der Waals surface area contributed by atoms with Crippen molar-refractivity contribution in [1.82, 2.24) is 0 Å². The molecule has 0 aliphatic heterocycles. The van der Waals surface area contributed by atoms with Crippen LogP contribution in [-0.4, -0.2) is 71.0 Å². The first kappa shape index (κ1) is 31.7. The van der Waals surface area contributed by atoms with Gasteiger partial charge in [0.2, 0.25) is 0 Å². The van der Waals surface area contributed by atoms with Crippen molar-refractivity contribution in [2.45, 2.75) is 135 Å². The van der Waals surface area contributed by atoms with Gasteiger partial charge in [-0.05, 0) is 6.42 Å². The fourth-order valence-electron chi connectivity index (χ4n) is 3.52. The van der Waals surface area contributed by atoms with Crippen molar-refractivity contribution in [2.24, 2.45) is 0 Å². The Balaban J connectivity index is 0. The molecule has 4 nitrogen and oxygen atoms in total. The average Bonchev–Trinajstić information content (AvgIpc) is 2.62. The summed E-state index contributed by atoms with van der Waals surface area (Å²) < 4.78 is 33.5. The molecule has 0 fully saturated rings. The molecule has 0 aromatic carbocycles. The first-order chi connectivity index (χ1) is 13.1. The van der Waals surface area contributed by atoms with Crippen molar-refractivity contribution < 1.29 is 17.2 Å². The Hall–Kier alpha value is 1.51. The molecule has 0 amide bonds. The van der Waals surface area contributed by atoms with E-state index in [1.54, 1.807) is 0 Å². The minimum Gasteiger partial charge on any atom is -0.264 e. The van der Waals surface area contributed by atoms with E-state index in [-0.39, 0.29) is 58.0 Å². The van der Waals surface area contributed by atoms with E-state index in [1.807, 2.05) is 0 Å². The summed E-state index contributed by atoms with van der Waals surface area (Å²) >= 11 is 0. The molecule has 28 heavy (non-hydrogen) atoms. The summed E-state index contributed by atoms with van der Waals surface area (Å²) in [5, 5.41) is 0. The summed E-state index contributed by atoms with van der Waals surface area (Å²) in [5.41, 5.74) is 0. The van der Waals surface area contributed by atoms with E-state index in [0.29, 0.717) is 6.42 Å². The molecule has 1 N–H and O–H groups in total. The molecule has 0 aromatic rings. The Morgan fingerprint density at radius 1 is 0.536 bits per heavy atom. The van der Waals surface area contributed by atoms with Crippen LogP contribution in [0.25, 0.3) is 0 Å². The van der Waals surface area contributed by atoms with Crippen molar-refractivity contribution in [2.75, 3.05) is 6.61 Å². The van der Waals surface area contributed by atoms with Gasteiger partial charge in [-0.1, -0.05) is 129 Å². The predicted molar refractivity (Wildman–Crippen MR) is 121 cm³/mol. The monoisotopic (exact) mass is 445 g/mol. The summed E-state index contributed by atoms with van der Waals surface area (Å²) in [6.07, 6.45) is 26.3. The molecule has 0 aliphatic rings. The maximum Gasteiger partial charge on any atom is 0.397 e. The maximum absolute atomic E-state index is 10.4. The minimum absolute atomic E-state index is 0. The number of hydrogen-bond acceptors (Lipinski definition) is 3. The van der Waals surface area contributed by atoms with E-state index in [4.69, 9.17) is 4.55 Å². The summed E-state index contributed by atoms with van der Waals surface area (Å²) in [6, 6.07) is 0. The minimum atomic E-state index is -4.25. The van der Waals surface area contributed by atoms with Gasteiger partial charge in [0, 0.05) is 51.4 Å². The summed E-state index contributed by atoms with van der Waals surface area (Å²) in [7, 11) is -4.25.